The number of carbonyl (C=O) groups excluding carboxylic acids is 1. The van der Waals surface area contributed by atoms with E-state index in [4.69, 9.17) is 16.3 Å². The first-order valence-corrected chi connectivity index (χ1v) is 7.85. The number of nitrogens with zero attached hydrogens (tertiary/aromatic N) is 1. The maximum Gasteiger partial charge on any atom is 0.351 e. The molecule has 0 aliphatic carbocycles. The number of hydrogen-bond donors (Lipinski definition) is 0. The van der Waals surface area contributed by atoms with Gasteiger partial charge in [0.25, 0.3) is 5.19 Å². The second-order valence-corrected chi connectivity index (χ2v) is 5.76. The molecule has 2 aromatic rings. The van der Waals surface area contributed by atoms with Crippen LogP contribution in [-0.2, 0) is 11.2 Å². The topological polar surface area (TPSA) is 48.4 Å². The summed E-state index contributed by atoms with van der Waals surface area (Å²) in [5.41, 5.74) is 1.27. The first kappa shape index (κ1) is 15.8. The lowest BCUT2D eigenvalue weighted by atomic mass is 10.1. The molecule has 0 saturated carbocycles. The minimum atomic E-state index is -0.512. The summed E-state index contributed by atoms with van der Waals surface area (Å²) in [5, 5.41) is 0.420. The average Bonchev–Trinajstić information content (AvgIpc) is 2.86. The summed E-state index contributed by atoms with van der Waals surface area (Å²) in [6.45, 7) is 2.17. The van der Waals surface area contributed by atoms with Crippen molar-refractivity contribution in [1.29, 1.82) is 0 Å². The Hall–Kier alpha value is -1.59. The van der Waals surface area contributed by atoms with E-state index < -0.39 is 5.97 Å². The maximum absolute atomic E-state index is 11.5. The summed E-state index contributed by atoms with van der Waals surface area (Å²) < 4.78 is 10.2. The number of rotatable bonds is 6. The predicted molar refractivity (Wildman–Crippen MR) is 83.6 cm³/mol. The molecule has 0 radical (unpaired) electrons. The summed E-state index contributed by atoms with van der Waals surface area (Å²) in [4.78, 5) is 15.7. The number of carbonyl (C=O) groups is 1. The molecule has 0 N–H and O–H groups in total. The zero-order chi connectivity index (χ0) is 15.2. The number of benzene rings is 1. The molecule has 0 amide bonds. The summed E-state index contributed by atoms with van der Waals surface area (Å²) >= 11 is 6.95. The Kier molecular flexibility index (Phi) is 5.59. The van der Waals surface area contributed by atoms with Gasteiger partial charge >= 0.3 is 5.97 Å². The highest BCUT2D eigenvalue weighted by Crippen LogP contribution is 2.32. The van der Waals surface area contributed by atoms with Crippen molar-refractivity contribution in [3.8, 4) is 10.9 Å². The number of hydrogen-bond acceptors (Lipinski definition) is 5. The number of esters is 1. The Bertz CT molecular complexity index is 610. The van der Waals surface area contributed by atoms with Gasteiger partial charge in [-0.25, -0.2) is 4.79 Å². The molecule has 21 heavy (non-hydrogen) atoms. The molecule has 4 nitrogen and oxygen atoms in total. The highest BCUT2D eigenvalue weighted by atomic mass is 35.5. The number of methoxy groups -OCH3 is 1. The first-order valence-electron chi connectivity index (χ1n) is 6.65. The number of thiazole rings is 1. The normalized spacial score (nSPS) is 10.4. The van der Waals surface area contributed by atoms with E-state index in [1.54, 1.807) is 0 Å². The van der Waals surface area contributed by atoms with Crippen molar-refractivity contribution in [3.05, 3.63) is 39.9 Å². The van der Waals surface area contributed by atoms with Crippen LogP contribution < -0.4 is 4.74 Å². The zero-order valence-electron chi connectivity index (χ0n) is 11.9. The first-order chi connectivity index (χ1) is 10.1. The number of aromatic nitrogens is 1. The van der Waals surface area contributed by atoms with Gasteiger partial charge in [-0.1, -0.05) is 48.4 Å². The molecule has 1 heterocycles. The van der Waals surface area contributed by atoms with Gasteiger partial charge in [-0.3, -0.25) is 0 Å². The molecule has 0 unspecified atom stereocenters. The van der Waals surface area contributed by atoms with E-state index in [1.807, 2.05) is 24.3 Å². The SMILES string of the molecule is CCCCc1ccc(Oc2nc(Cl)c(C(=O)OC)s2)cc1. The van der Waals surface area contributed by atoms with Crippen molar-refractivity contribution < 1.29 is 14.3 Å². The Balaban J connectivity index is 2.06. The van der Waals surface area contributed by atoms with Gasteiger partial charge in [0.15, 0.2) is 10.0 Å². The summed E-state index contributed by atoms with van der Waals surface area (Å²) in [6, 6.07) is 7.83. The zero-order valence-corrected chi connectivity index (χ0v) is 13.5. The van der Waals surface area contributed by atoms with Crippen LogP contribution in [-0.4, -0.2) is 18.1 Å². The van der Waals surface area contributed by atoms with Crippen molar-refractivity contribution in [2.75, 3.05) is 7.11 Å². The maximum atomic E-state index is 11.5. The fourth-order valence-corrected chi connectivity index (χ4v) is 2.82. The van der Waals surface area contributed by atoms with Gasteiger partial charge in [-0.15, -0.1) is 0 Å². The minimum Gasteiger partial charge on any atom is -0.465 e. The summed E-state index contributed by atoms with van der Waals surface area (Å²) in [6.07, 6.45) is 3.41. The third kappa shape index (κ3) is 4.19. The molecular weight excluding hydrogens is 310 g/mol. The molecule has 0 spiro atoms. The van der Waals surface area contributed by atoms with E-state index in [0.29, 0.717) is 10.9 Å². The Morgan fingerprint density at radius 1 is 1.33 bits per heavy atom. The lowest BCUT2D eigenvalue weighted by Gasteiger charge is -2.03. The van der Waals surface area contributed by atoms with Gasteiger partial charge < -0.3 is 9.47 Å². The fraction of sp³-hybridized carbons (Fsp3) is 0.333. The number of ether oxygens (including phenoxy) is 2. The standard InChI is InChI=1S/C15H16ClNO3S/c1-3-4-5-10-6-8-11(9-7-10)20-15-17-13(16)12(21-15)14(18)19-2/h6-9H,3-5H2,1-2H3. The monoisotopic (exact) mass is 325 g/mol. The quantitative estimate of drug-likeness (QED) is 0.721. The van der Waals surface area contributed by atoms with Crippen molar-refractivity contribution in [3.63, 3.8) is 0 Å². The molecule has 0 atom stereocenters. The minimum absolute atomic E-state index is 0.0985. The van der Waals surface area contributed by atoms with E-state index in [-0.39, 0.29) is 10.0 Å². The summed E-state index contributed by atoms with van der Waals surface area (Å²) in [7, 11) is 1.30. The number of aryl methyl sites for hydroxylation is 1. The van der Waals surface area contributed by atoms with Crippen LogP contribution >= 0.6 is 22.9 Å². The molecule has 1 aromatic heterocycles. The van der Waals surface area contributed by atoms with E-state index in [9.17, 15) is 4.79 Å². The van der Waals surface area contributed by atoms with Crippen LogP contribution in [0.15, 0.2) is 24.3 Å². The van der Waals surface area contributed by atoms with Gasteiger partial charge in [0, 0.05) is 0 Å². The number of halogens is 1. The van der Waals surface area contributed by atoms with Crippen molar-refractivity contribution in [1.82, 2.24) is 4.98 Å². The molecule has 1 aromatic carbocycles. The lowest BCUT2D eigenvalue weighted by Crippen LogP contribution is -1.98. The molecular formula is C15H16ClNO3S. The van der Waals surface area contributed by atoms with Gasteiger partial charge in [0.2, 0.25) is 0 Å². The molecule has 6 heteroatoms. The fourth-order valence-electron chi connectivity index (χ4n) is 1.75. The third-order valence-corrected chi connectivity index (χ3v) is 4.18. The van der Waals surface area contributed by atoms with Crippen molar-refractivity contribution in [2.45, 2.75) is 26.2 Å². The van der Waals surface area contributed by atoms with Crippen molar-refractivity contribution in [2.24, 2.45) is 0 Å². The summed E-state index contributed by atoms with van der Waals surface area (Å²) in [5.74, 6) is 0.152. The van der Waals surface area contributed by atoms with Gasteiger partial charge in [-0.2, -0.15) is 4.98 Å². The van der Waals surface area contributed by atoms with Crippen LogP contribution in [0.5, 0.6) is 10.9 Å². The molecule has 0 aliphatic heterocycles. The molecule has 2 rings (SSSR count). The van der Waals surface area contributed by atoms with Gasteiger partial charge in [0.05, 0.1) is 7.11 Å². The van der Waals surface area contributed by atoms with Crippen LogP contribution in [0.1, 0.15) is 35.0 Å². The second kappa shape index (κ2) is 7.43. The van der Waals surface area contributed by atoms with Crippen LogP contribution in [0.3, 0.4) is 0 Å². The van der Waals surface area contributed by atoms with E-state index in [1.165, 1.54) is 25.5 Å². The van der Waals surface area contributed by atoms with E-state index in [0.717, 1.165) is 17.8 Å². The predicted octanol–water partition coefficient (Wildman–Crippen LogP) is 4.72. The highest BCUT2D eigenvalue weighted by Gasteiger charge is 2.18. The Morgan fingerprint density at radius 2 is 2.05 bits per heavy atom. The molecule has 0 aliphatic rings. The van der Waals surface area contributed by atoms with Gasteiger partial charge in [0.1, 0.15) is 5.75 Å². The van der Waals surface area contributed by atoms with Crippen LogP contribution in [0, 0.1) is 0 Å². The third-order valence-electron chi connectivity index (χ3n) is 2.88. The van der Waals surface area contributed by atoms with Crippen LogP contribution in [0.2, 0.25) is 5.15 Å². The number of unbranched alkanes of at least 4 members (excludes halogenated alkanes) is 1. The molecule has 0 bridgehead atoms. The largest absolute Gasteiger partial charge is 0.465 e. The van der Waals surface area contributed by atoms with Crippen molar-refractivity contribution >= 4 is 28.9 Å². The smallest absolute Gasteiger partial charge is 0.351 e. The van der Waals surface area contributed by atoms with Crippen LogP contribution in [0.4, 0.5) is 0 Å². The lowest BCUT2D eigenvalue weighted by molar-refractivity contribution is 0.0606. The van der Waals surface area contributed by atoms with E-state index in [2.05, 4.69) is 16.6 Å². The average molecular weight is 326 g/mol. The molecule has 0 saturated heterocycles. The Labute approximate surface area is 132 Å². The van der Waals surface area contributed by atoms with Crippen LogP contribution in [0.25, 0.3) is 0 Å². The Morgan fingerprint density at radius 3 is 2.67 bits per heavy atom. The highest BCUT2D eigenvalue weighted by molar-refractivity contribution is 7.15. The molecule has 0 fully saturated rings. The molecule has 112 valence electrons. The van der Waals surface area contributed by atoms with Gasteiger partial charge in [-0.05, 0) is 30.5 Å². The van der Waals surface area contributed by atoms with E-state index >= 15 is 0 Å². The second-order valence-electron chi connectivity index (χ2n) is 4.44.